The lowest BCUT2D eigenvalue weighted by Gasteiger charge is -2.47. The first-order valence-electron chi connectivity index (χ1n) is 13.7. The number of carbonyl (C=O) groups excluding carboxylic acids is 1. The van der Waals surface area contributed by atoms with Gasteiger partial charge in [-0.15, -0.1) is 36.2 Å². The zero-order valence-corrected chi connectivity index (χ0v) is 25.4. The van der Waals surface area contributed by atoms with Crippen LogP contribution in [0.1, 0.15) is 41.6 Å². The Balaban J connectivity index is 0.00000202. The normalized spacial score (nSPS) is 16.5. The summed E-state index contributed by atoms with van der Waals surface area (Å²) >= 11 is 1.46. The largest absolute Gasteiger partial charge is 0.508 e. The number of aromatic hydroxyl groups is 2. The van der Waals surface area contributed by atoms with Gasteiger partial charge in [0.1, 0.15) is 11.5 Å². The number of anilines is 1. The molecule has 3 heterocycles. The van der Waals surface area contributed by atoms with Crippen LogP contribution in [0.3, 0.4) is 0 Å². The standard InChI is InChI=1S/C32H32N2O5S.2ClH/c35-24-7-3-22(4-8-24)31-29(26-10-9-25(36)19-27(26)40-31)30(39)21-1-5-23(6-2-21)34-17-13-32(14-18-34)11-15-33(16-12-32)20-28(37)38;;/h1-10,19,35-36H,11-18,20H2,(H,37,38);2*1H. The number of likely N-dealkylation sites (tertiary alicyclic amines) is 1. The zero-order valence-electron chi connectivity index (χ0n) is 23.0. The summed E-state index contributed by atoms with van der Waals surface area (Å²) in [6.07, 6.45) is 4.30. The molecule has 2 fully saturated rings. The number of hydrogen-bond acceptors (Lipinski definition) is 7. The van der Waals surface area contributed by atoms with Gasteiger partial charge in [-0.3, -0.25) is 14.5 Å². The van der Waals surface area contributed by atoms with Gasteiger partial charge in [-0.25, -0.2) is 0 Å². The third-order valence-corrected chi connectivity index (χ3v) is 9.83. The van der Waals surface area contributed by atoms with Gasteiger partial charge >= 0.3 is 5.97 Å². The molecule has 7 nitrogen and oxygen atoms in total. The van der Waals surface area contributed by atoms with E-state index in [4.69, 9.17) is 5.11 Å². The summed E-state index contributed by atoms with van der Waals surface area (Å²) in [5.41, 5.74) is 3.46. The maximum Gasteiger partial charge on any atom is 0.317 e. The van der Waals surface area contributed by atoms with Crippen molar-refractivity contribution in [3.63, 3.8) is 0 Å². The molecule has 42 heavy (non-hydrogen) atoms. The van der Waals surface area contributed by atoms with E-state index in [1.165, 1.54) is 11.3 Å². The van der Waals surface area contributed by atoms with Crippen LogP contribution < -0.4 is 4.90 Å². The molecule has 1 aromatic heterocycles. The molecule has 0 aliphatic carbocycles. The van der Waals surface area contributed by atoms with E-state index in [2.05, 4.69) is 4.90 Å². The maximum absolute atomic E-state index is 13.9. The second-order valence-corrected chi connectivity index (χ2v) is 12.1. The number of aliphatic carboxylic acids is 1. The highest BCUT2D eigenvalue weighted by molar-refractivity contribution is 7.22. The Kier molecular flexibility index (Phi) is 9.73. The van der Waals surface area contributed by atoms with E-state index in [9.17, 15) is 19.8 Å². The van der Waals surface area contributed by atoms with Gasteiger partial charge in [-0.1, -0.05) is 0 Å². The minimum Gasteiger partial charge on any atom is -0.508 e. The van der Waals surface area contributed by atoms with E-state index < -0.39 is 5.97 Å². The molecular weight excluding hydrogens is 595 g/mol. The van der Waals surface area contributed by atoms with E-state index in [-0.39, 0.29) is 48.6 Å². The summed E-state index contributed by atoms with van der Waals surface area (Å²) < 4.78 is 0.832. The quantitative estimate of drug-likeness (QED) is 0.201. The van der Waals surface area contributed by atoms with Crippen molar-refractivity contribution < 1.29 is 24.9 Å². The highest BCUT2D eigenvalue weighted by Gasteiger charge is 2.38. The Morgan fingerprint density at radius 2 is 1.38 bits per heavy atom. The Morgan fingerprint density at radius 3 is 2.00 bits per heavy atom. The van der Waals surface area contributed by atoms with Gasteiger partial charge in [-0.2, -0.15) is 0 Å². The smallest absolute Gasteiger partial charge is 0.317 e. The number of hydrogen-bond donors (Lipinski definition) is 3. The molecule has 2 saturated heterocycles. The van der Waals surface area contributed by atoms with Crippen LogP contribution in [0.15, 0.2) is 66.7 Å². The molecule has 3 N–H and O–H groups in total. The van der Waals surface area contributed by atoms with Crippen LogP contribution >= 0.6 is 36.2 Å². The zero-order chi connectivity index (χ0) is 27.9. The van der Waals surface area contributed by atoms with Crippen molar-refractivity contribution >= 4 is 63.7 Å². The lowest BCUT2D eigenvalue weighted by atomic mass is 9.71. The number of benzene rings is 3. The predicted octanol–water partition coefficient (Wildman–Crippen LogP) is 6.82. The summed E-state index contributed by atoms with van der Waals surface area (Å²) in [6, 6.07) is 19.8. The van der Waals surface area contributed by atoms with Crippen molar-refractivity contribution in [2.24, 2.45) is 5.41 Å². The first kappa shape index (κ1) is 31.6. The average Bonchev–Trinajstić information content (AvgIpc) is 3.33. The number of halogens is 2. The van der Waals surface area contributed by atoms with E-state index in [0.717, 1.165) is 78.1 Å². The minimum atomic E-state index is -0.754. The van der Waals surface area contributed by atoms with Crippen LogP contribution in [0.25, 0.3) is 20.5 Å². The molecule has 0 amide bonds. The van der Waals surface area contributed by atoms with Gasteiger partial charge in [0.15, 0.2) is 5.78 Å². The summed E-state index contributed by atoms with van der Waals surface area (Å²) in [4.78, 5) is 30.2. The molecule has 2 aliphatic heterocycles. The number of piperidine rings is 2. The SMILES string of the molecule is Cl.Cl.O=C(O)CN1CCC2(CC1)CCN(c1ccc(C(=O)c3c(-c4ccc(O)cc4)sc4cc(O)ccc34)cc1)CC2. The summed E-state index contributed by atoms with van der Waals surface area (Å²) in [6.45, 7) is 3.75. The van der Waals surface area contributed by atoms with E-state index >= 15 is 0 Å². The highest BCUT2D eigenvalue weighted by atomic mass is 35.5. The van der Waals surface area contributed by atoms with Crippen LogP contribution in [0.2, 0.25) is 0 Å². The molecule has 0 atom stereocenters. The van der Waals surface area contributed by atoms with Crippen LogP contribution in [-0.4, -0.2) is 64.7 Å². The molecule has 0 unspecified atom stereocenters. The predicted molar refractivity (Wildman–Crippen MR) is 172 cm³/mol. The van der Waals surface area contributed by atoms with Crippen LogP contribution in [-0.2, 0) is 4.79 Å². The molecule has 0 bridgehead atoms. The molecule has 222 valence electrons. The lowest BCUT2D eigenvalue weighted by molar-refractivity contribution is -0.139. The van der Waals surface area contributed by atoms with Gasteiger partial charge in [-0.05, 0) is 116 Å². The molecule has 0 radical (unpaired) electrons. The lowest BCUT2D eigenvalue weighted by Crippen LogP contribution is -2.47. The Morgan fingerprint density at radius 1 is 0.786 bits per heavy atom. The fourth-order valence-electron chi connectivity index (χ4n) is 6.21. The van der Waals surface area contributed by atoms with Crippen molar-refractivity contribution in [2.45, 2.75) is 25.7 Å². The number of carboxylic acids is 1. The van der Waals surface area contributed by atoms with Crippen molar-refractivity contribution in [2.75, 3.05) is 37.6 Å². The number of phenolic OH excluding ortho intramolecular Hbond substituents is 2. The monoisotopic (exact) mass is 628 g/mol. The highest BCUT2D eigenvalue weighted by Crippen LogP contribution is 2.43. The Bertz CT molecular complexity index is 1550. The number of fused-ring (bicyclic) bond motifs is 1. The average molecular weight is 630 g/mol. The number of thiophene rings is 1. The van der Waals surface area contributed by atoms with Crippen molar-refractivity contribution in [3.8, 4) is 21.9 Å². The third-order valence-electron chi connectivity index (χ3n) is 8.62. The molecular formula is C32H34Cl2N2O5S. The Hall–Kier alpha value is -3.30. The molecule has 4 aromatic rings. The number of nitrogens with zero attached hydrogens (tertiary/aromatic N) is 2. The molecule has 0 saturated carbocycles. The van der Waals surface area contributed by atoms with E-state index in [1.54, 1.807) is 42.5 Å². The first-order chi connectivity index (χ1) is 19.3. The summed E-state index contributed by atoms with van der Waals surface area (Å²) in [5, 5.41) is 29.7. The van der Waals surface area contributed by atoms with Gasteiger partial charge in [0.2, 0.25) is 0 Å². The fourth-order valence-corrected chi connectivity index (χ4v) is 7.45. The molecule has 3 aromatic carbocycles. The van der Waals surface area contributed by atoms with E-state index in [1.807, 2.05) is 29.2 Å². The fraction of sp³-hybridized carbons (Fsp3) is 0.312. The maximum atomic E-state index is 13.9. The molecule has 6 rings (SSSR count). The van der Waals surface area contributed by atoms with Crippen LogP contribution in [0, 0.1) is 5.41 Å². The third kappa shape index (κ3) is 6.37. The van der Waals surface area contributed by atoms with Crippen molar-refractivity contribution in [1.29, 1.82) is 0 Å². The number of carboxylic acid groups (broad SMARTS) is 1. The second kappa shape index (κ2) is 12.9. The van der Waals surface area contributed by atoms with Gasteiger partial charge in [0.25, 0.3) is 0 Å². The number of rotatable bonds is 6. The minimum absolute atomic E-state index is 0. The van der Waals surface area contributed by atoms with Crippen LogP contribution in [0.4, 0.5) is 5.69 Å². The van der Waals surface area contributed by atoms with Crippen molar-refractivity contribution in [3.05, 3.63) is 77.9 Å². The van der Waals surface area contributed by atoms with Crippen LogP contribution in [0.5, 0.6) is 11.5 Å². The number of phenols is 2. The van der Waals surface area contributed by atoms with E-state index in [0.29, 0.717) is 16.5 Å². The van der Waals surface area contributed by atoms with Gasteiger partial charge < -0.3 is 20.2 Å². The van der Waals surface area contributed by atoms with Gasteiger partial charge in [0, 0.05) is 44.9 Å². The first-order valence-corrected chi connectivity index (χ1v) is 14.5. The molecule has 2 aliphatic rings. The Labute approximate surface area is 261 Å². The second-order valence-electron chi connectivity index (χ2n) is 11.1. The topological polar surface area (TPSA) is 101 Å². The molecule has 10 heteroatoms. The van der Waals surface area contributed by atoms with Gasteiger partial charge in [0.05, 0.1) is 6.54 Å². The summed E-state index contributed by atoms with van der Waals surface area (Å²) in [7, 11) is 0. The summed E-state index contributed by atoms with van der Waals surface area (Å²) in [5.74, 6) is -0.505. The number of carbonyl (C=O) groups is 2. The molecule has 1 spiro atoms. The number of ketones is 1. The van der Waals surface area contributed by atoms with Crippen molar-refractivity contribution in [1.82, 2.24) is 4.90 Å².